The van der Waals surface area contributed by atoms with E-state index in [1.807, 2.05) is 48.5 Å². The van der Waals surface area contributed by atoms with Gasteiger partial charge in [0.15, 0.2) is 6.10 Å². The highest BCUT2D eigenvalue weighted by Gasteiger charge is 2.30. The smallest absolute Gasteiger partial charge is 0.407 e. The Morgan fingerprint density at radius 1 is 1.00 bits per heavy atom. The van der Waals surface area contributed by atoms with Crippen molar-refractivity contribution in [3.63, 3.8) is 0 Å². The quantitative estimate of drug-likeness (QED) is 0.512. The normalized spacial score (nSPS) is 14.3. The van der Waals surface area contributed by atoms with Crippen LogP contribution >= 0.6 is 0 Å². The van der Waals surface area contributed by atoms with Crippen molar-refractivity contribution in [1.29, 1.82) is 0 Å². The molecule has 2 aromatic rings. The Hall–Kier alpha value is -3.39. The summed E-state index contributed by atoms with van der Waals surface area (Å²) >= 11 is 0. The number of aliphatic hydroxyl groups excluding tert-OH is 1. The molecule has 1 aliphatic carbocycles. The van der Waals surface area contributed by atoms with Crippen LogP contribution in [-0.2, 0) is 14.3 Å². The molecule has 0 heterocycles. The maximum Gasteiger partial charge on any atom is 0.407 e. The van der Waals surface area contributed by atoms with Gasteiger partial charge in [0.2, 0.25) is 5.91 Å². The van der Waals surface area contributed by atoms with Gasteiger partial charge in [0.05, 0.1) is 6.54 Å². The van der Waals surface area contributed by atoms with Gasteiger partial charge in [0, 0.05) is 5.92 Å². The zero-order valence-corrected chi connectivity index (χ0v) is 17.4. The number of aliphatic hydroxyl groups is 1. The molecule has 3 rings (SSSR count). The van der Waals surface area contributed by atoms with E-state index in [1.165, 1.54) is 0 Å². The number of benzene rings is 2. The van der Waals surface area contributed by atoms with E-state index < -0.39 is 36.7 Å². The highest BCUT2D eigenvalue weighted by Crippen LogP contribution is 2.44. The van der Waals surface area contributed by atoms with E-state index in [9.17, 15) is 19.5 Å². The predicted molar refractivity (Wildman–Crippen MR) is 113 cm³/mol. The first-order valence-electron chi connectivity index (χ1n) is 10.1. The monoisotopic (exact) mass is 426 g/mol. The number of rotatable bonds is 8. The number of hydrogen-bond acceptors (Lipinski definition) is 5. The van der Waals surface area contributed by atoms with Crippen LogP contribution in [0.15, 0.2) is 48.5 Å². The Morgan fingerprint density at radius 3 is 2.06 bits per heavy atom. The lowest BCUT2D eigenvalue weighted by molar-refractivity contribution is -0.146. The van der Waals surface area contributed by atoms with Crippen molar-refractivity contribution in [1.82, 2.24) is 10.6 Å². The van der Waals surface area contributed by atoms with E-state index in [-0.39, 0.29) is 18.4 Å². The second kappa shape index (κ2) is 9.61. The van der Waals surface area contributed by atoms with Gasteiger partial charge in [-0.15, -0.1) is 0 Å². The van der Waals surface area contributed by atoms with Crippen LogP contribution in [0.1, 0.15) is 30.9 Å². The van der Waals surface area contributed by atoms with Gasteiger partial charge in [-0.1, -0.05) is 62.4 Å². The van der Waals surface area contributed by atoms with Gasteiger partial charge < -0.3 is 25.6 Å². The summed E-state index contributed by atoms with van der Waals surface area (Å²) in [4.78, 5) is 35.5. The summed E-state index contributed by atoms with van der Waals surface area (Å²) in [5.41, 5.74) is 4.39. The van der Waals surface area contributed by atoms with Gasteiger partial charge in [0.25, 0.3) is 0 Å². The number of fused-ring (bicyclic) bond motifs is 3. The van der Waals surface area contributed by atoms with E-state index in [1.54, 1.807) is 13.8 Å². The van der Waals surface area contributed by atoms with Crippen molar-refractivity contribution >= 4 is 18.0 Å². The highest BCUT2D eigenvalue weighted by atomic mass is 16.5. The van der Waals surface area contributed by atoms with Crippen molar-refractivity contribution in [2.45, 2.75) is 31.9 Å². The van der Waals surface area contributed by atoms with E-state index in [0.29, 0.717) is 0 Å². The van der Waals surface area contributed by atoms with Crippen LogP contribution in [0.2, 0.25) is 0 Å². The number of amides is 2. The number of carboxylic acid groups (broad SMARTS) is 1. The van der Waals surface area contributed by atoms with Crippen LogP contribution in [0.5, 0.6) is 0 Å². The third kappa shape index (κ3) is 5.03. The van der Waals surface area contributed by atoms with Crippen molar-refractivity contribution in [3.8, 4) is 11.1 Å². The summed E-state index contributed by atoms with van der Waals surface area (Å²) in [6.45, 7) is 3.14. The Kier molecular flexibility index (Phi) is 6.91. The molecule has 1 aliphatic rings. The fourth-order valence-electron chi connectivity index (χ4n) is 3.70. The van der Waals surface area contributed by atoms with Crippen LogP contribution in [-0.4, -0.2) is 53.5 Å². The van der Waals surface area contributed by atoms with Crippen molar-refractivity contribution in [2.75, 3.05) is 13.2 Å². The molecule has 8 heteroatoms. The zero-order valence-electron chi connectivity index (χ0n) is 17.4. The lowest BCUT2D eigenvalue weighted by Crippen LogP contribution is -2.51. The molecule has 0 saturated carbocycles. The van der Waals surface area contributed by atoms with E-state index in [2.05, 4.69) is 10.6 Å². The largest absolute Gasteiger partial charge is 0.479 e. The summed E-state index contributed by atoms with van der Waals surface area (Å²) in [5.74, 6) is -2.41. The molecule has 0 bridgehead atoms. The Morgan fingerprint density at radius 2 is 1.55 bits per heavy atom. The second-order valence-corrected chi connectivity index (χ2v) is 7.79. The molecule has 1 unspecified atom stereocenters. The number of carboxylic acids is 1. The Balaban J connectivity index is 1.62. The molecule has 0 aromatic heterocycles. The minimum atomic E-state index is -1.72. The molecule has 0 spiro atoms. The average molecular weight is 426 g/mol. The first-order valence-corrected chi connectivity index (χ1v) is 10.1. The molecule has 0 saturated heterocycles. The van der Waals surface area contributed by atoms with Crippen molar-refractivity contribution in [2.24, 2.45) is 5.92 Å². The summed E-state index contributed by atoms with van der Waals surface area (Å²) in [6, 6.07) is 15.0. The number of carbonyl (C=O) groups excluding carboxylic acids is 2. The maximum absolute atomic E-state index is 12.4. The molecule has 2 amide bonds. The number of carbonyl (C=O) groups is 3. The number of alkyl carbamates (subject to hydrolysis) is 1. The van der Waals surface area contributed by atoms with Crippen molar-refractivity contribution in [3.05, 3.63) is 59.7 Å². The third-order valence-corrected chi connectivity index (χ3v) is 5.32. The summed E-state index contributed by atoms with van der Waals surface area (Å²) < 4.78 is 5.46. The second-order valence-electron chi connectivity index (χ2n) is 7.79. The summed E-state index contributed by atoms with van der Waals surface area (Å²) in [5, 5.41) is 22.9. The maximum atomic E-state index is 12.4. The van der Waals surface area contributed by atoms with E-state index in [4.69, 9.17) is 9.84 Å². The number of aliphatic carboxylic acids is 1. The van der Waals surface area contributed by atoms with Gasteiger partial charge >= 0.3 is 12.1 Å². The van der Waals surface area contributed by atoms with Gasteiger partial charge in [0.1, 0.15) is 12.6 Å². The molecule has 31 heavy (non-hydrogen) atoms. The van der Waals surface area contributed by atoms with E-state index in [0.717, 1.165) is 22.3 Å². The van der Waals surface area contributed by atoms with Crippen LogP contribution in [0.3, 0.4) is 0 Å². The summed E-state index contributed by atoms with van der Waals surface area (Å²) in [6.07, 6.45) is -2.46. The molecule has 2 aromatic carbocycles. The topological polar surface area (TPSA) is 125 Å². The molecule has 0 fully saturated rings. The van der Waals surface area contributed by atoms with Crippen molar-refractivity contribution < 1.29 is 29.3 Å². The molecule has 2 atom stereocenters. The number of nitrogens with one attached hydrogen (secondary N) is 2. The Labute approximate surface area is 180 Å². The fourth-order valence-corrected chi connectivity index (χ4v) is 3.70. The van der Waals surface area contributed by atoms with Gasteiger partial charge in [-0.25, -0.2) is 9.59 Å². The first kappa shape index (κ1) is 22.3. The van der Waals surface area contributed by atoms with Crippen LogP contribution < -0.4 is 10.6 Å². The van der Waals surface area contributed by atoms with Crippen LogP contribution in [0.25, 0.3) is 11.1 Å². The molecule has 4 N–H and O–H groups in total. The lowest BCUT2D eigenvalue weighted by atomic mass is 9.98. The van der Waals surface area contributed by atoms with Crippen LogP contribution in [0.4, 0.5) is 4.79 Å². The minimum Gasteiger partial charge on any atom is -0.479 e. The van der Waals surface area contributed by atoms with Gasteiger partial charge in [-0.2, -0.15) is 0 Å². The first-order chi connectivity index (χ1) is 14.8. The lowest BCUT2D eigenvalue weighted by Gasteiger charge is -2.22. The van der Waals surface area contributed by atoms with Gasteiger partial charge in [-0.3, -0.25) is 4.79 Å². The van der Waals surface area contributed by atoms with Crippen LogP contribution in [0, 0.1) is 5.92 Å². The average Bonchev–Trinajstić information content (AvgIpc) is 3.07. The molecular formula is C23H26N2O6. The zero-order chi connectivity index (χ0) is 22.5. The standard InChI is InChI=1S/C23H26N2O6/c1-13(2)20(21(27)24-11-19(26)22(28)29)25-23(30)31-12-18-16-9-5-3-7-14(16)15-8-4-6-10-17(15)18/h3-10,13,18-20,26H,11-12H2,1-2H3,(H,24,27)(H,25,30)(H,28,29)/t19-,20?/m0/s1. The number of ether oxygens (including phenoxy) is 1. The molecule has 8 nitrogen and oxygen atoms in total. The molecule has 0 radical (unpaired) electrons. The molecule has 164 valence electrons. The van der Waals surface area contributed by atoms with E-state index >= 15 is 0 Å². The van der Waals surface area contributed by atoms with Gasteiger partial charge in [-0.05, 0) is 28.2 Å². The SMILES string of the molecule is CC(C)C(NC(=O)OCC1c2ccccc2-c2ccccc21)C(=O)NC[C@H](O)C(=O)O. The molecular weight excluding hydrogens is 400 g/mol. The molecule has 0 aliphatic heterocycles. The minimum absolute atomic E-state index is 0.102. The fraction of sp³-hybridized carbons (Fsp3) is 0.348. The number of hydrogen-bond donors (Lipinski definition) is 4. The Bertz CT molecular complexity index is 929. The highest BCUT2D eigenvalue weighted by molar-refractivity contribution is 5.86. The third-order valence-electron chi connectivity index (χ3n) is 5.32. The predicted octanol–water partition coefficient (Wildman–Crippen LogP) is 2.11. The summed E-state index contributed by atoms with van der Waals surface area (Å²) in [7, 11) is 0.